The predicted molar refractivity (Wildman–Crippen MR) is 81.0 cm³/mol. The lowest BCUT2D eigenvalue weighted by Crippen LogP contribution is -2.38. The zero-order valence-electron chi connectivity index (χ0n) is 11.7. The summed E-state index contributed by atoms with van der Waals surface area (Å²) in [4.78, 5) is 22.4. The van der Waals surface area contributed by atoms with E-state index in [2.05, 4.69) is 5.32 Å². The Morgan fingerprint density at radius 1 is 1.33 bits per heavy atom. The first-order chi connectivity index (χ1) is 9.81. The fraction of sp³-hybridized carbons (Fsp3) is 0.429. The zero-order chi connectivity index (χ0) is 16.0. The Hall–Kier alpha value is -1.46. The number of amides is 1. The van der Waals surface area contributed by atoms with E-state index in [1.165, 1.54) is 0 Å². The van der Waals surface area contributed by atoms with E-state index >= 15 is 0 Å². The van der Waals surface area contributed by atoms with E-state index in [1.807, 2.05) is 0 Å². The number of carboxylic acids is 1. The van der Waals surface area contributed by atoms with Crippen LogP contribution < -0.4 is 10.1 Å². The van der Waals surface area contributed by atoms with E-state index in [-0.39, 0.29) is 29.8 Å². The molecule has 2 unspecified atom stereocenters. The lowest BCUT2D eigenvalue weighted by molar-refractivity contribution is -0.138. The second kappa shape index (κ2) is 8.10. The van der Waals surface area contributed by atoms with Gasteiger partial charge >= 0.3 is 5.97 Å². The average molecular weight is 334 g/mol. The summed E-state index contributed by atoms with van der Waals surface area (Å²) in [6.07, 6.45) is -0.770. The molecule has 2 N–H and O–H groups in total. The lowest BCUT2D eigenvalue weighted by Gasteiger charge is -2.17. The minimum Gasteiger partial charge on any atom is -0.481 e. The first-order valence-corrected chi connectivity index (χ1v) is 7.17. The van der Waals surface area contributed by atoms with E-state index in [1.54, 1.807) is 32.0 Å². The number of carboxylic acid groups (broad SMARTS) is 1. The summed E-state index contributed by atoms with van der Waals surface area (Å²) in [5, 5.41) is 11.9. The molecule has 2 atom stereocenters. The third kappa shape index (κ3) is 5.81. The van der Waals surface area contributed by atoms with Gasteiger partial charge in [-0.25, -0.2) is 0 Å². The molecule has 1 rings (SSSR count). The van der Waals surface area contributed by atoms with Crippen molar-refractivity contribution in [2.75, 3.05) is 6.54 Å². The largest absolute Gasteiger partial charge is 0.481 e. The number of hydrogen-bond acceptors (Lipinski definition) is 3. The molecule has 0 bridgehead atoms. The van der Waals surface area contributed by atoms with Crippen molar-refractivity contribution < 1.29 is 19.4 Å². The molecule has 0 heterocycles. The molecular weight excluding hydrogens is 317 g/mol. The number of aliphatic carboxylic acids is 1. The Kier molecular flexibility index (Phi) is 6.78. The van der Waals surface area contributed by atoms with Crippen LogP contribution in [-0.4, -0.2) is 29.6 Å². The van der Waals surface area contributed by atoms with Crippen molar-refractivity contribution in [1.29, 1.82) is 0 Å². The maximum atomic E-state index is 11.9. The molecule has 0 saturated heterocycles. The van der Waals surface area contributed by atoms with Gasteiger partial charge in [0.2, 0.25) is 0 Å². The summed E-state index contributed by atoms with van der Waals surface area (Å²) in [7, 11) is 0. The molecule has 0 saturated carbocycles. The highest BCUT2D eigenvalue weighted by Gasteiger charge is 2.18. The van der Waals surface area contributed by atoms with Crippen molar-refractivity contribution in [2.24, 2.45) is 5.92 Å². The molecule has 0 fully saturated rings. The predicted octanol–water partition coefficient (Wildman–Crippen LogP) is 2.99. The van der Waals surface area contributed by atoms with E-state index in [0.29, 0.717) is 10.8 Å². The highest BCUT2D eigenvalue weighted by Crippen LogP contribution is 2.32. The molecule has 1 aromatic rings. The monoisotopic (exact) mass is 333 g/mol. The lowest BCUT2D eigenvalue weighted by atomic mass is 10.1. The summed E-state index contributed by atoms with van der Waals surface area (Å²) in [5.74, 6) is -1.08. The van der Waals surface area contributed by atoms with Crippen LogP contribution in [0.4, 0.5) is 0 Å². The standard InChI is InChI=1S/C14H17Cl2NO4/c1-8(6-12(18)19)7-17-14(20)9(2)21-11-5-3-4-10(15)13(11)16/h3-5,8-9H,6-7H2,1-2H3,(H,17,20)(H,18,19). The molecule has 1 amide bonds. The van der Waals surface area contributed by atoms with Crippen LogP contribution in [0.15, 0.2) is 18.2 Å². The van der Waals surface area contributed by atoms with Gasteiger partial charge in [0.05, 0.1) is 5.02 Å². The van der Waals surface area contributed by atoms with E-state index in [0.717, 1.165) is 0 Å². The van der Waals surface area contributed by atoms with Gasteiger partial charge in [-0.05, 0) is 25.0 Å². The average Bonchev–Trinajstić information content (AvgIpc) is 2.40. The van der Waals surface area contributed by atoms with E-state index in [4.69, 9.17) is 33.0 Å². The second-order valence-corrected chi connectivity index (χ2v) is 5.55. The van der Waals surface area contributed by atoms with Crippen LogP contribution in [0.3, 0.4) is 0 Å². The Balaban J connectivity index is 2.51. The maximum Gasteiger partial charge on any atom is 0.303 e. The van der Waals surface area contributed by atoms with Gasteiger partial charge in [-0.1, -0.05) is 36.2 Å². The molecule has 0 aliphatic heterocycles. The molecule has 21 heavy (non-hydrogen) atoms. The third-order valence-electron chi connectivity index (χ3n) is 2.74. The minimum atomic E-state index is -0.897. The van der Waals surface area contributed by atoms with Crippen molar-refractivity contribution in [3.8, 4) is 5.75 Å². The summed E-state index contributed by atoms with van der Waals surface area (Å²) in [6.45, 7) is 3.59. The molecule has 0 aromatic heterocycles. The molecule has 116 valence electrons. The van der Waals surface area contributed by atoms with Crippen LogP contribution in [0.5, 0.6) is 5.75 Å². The third-order valence-corrected chi connectivity index (χ3v) is 3.54. The fourth-order valence-corrected chi connectivity index (χ4v) is 1.94. The number of hydrogen-bond donors (Lipinski definition) is 2. The summed E-state index contributed by atoms with van der Waals surface area (Å²) < 4.78 is 5.46. The highest BCUT2D eigenvalue weighted by atomic mass is 35.5. The molecule has 7 heteroatoms. The molecule has 1 aromatic carbocycles. The number of carbonyl (C=O) groups is 2. The Morgan fingerprint density at radius 3 is 2.62 bits per heavy atom. The smallest absolute Gasteiger partial charge is 0.303 e. The van der Waals surface area contributed by atoms with Crippen LogP contribution >= 0.6 is 23.2 Å². The minimum absolute atomic E-state index is 0.00433. The van der Waals surface area contributed by atoms with E-state index < -0.39 is 12.1 Å². The zero-order valence-corrected chi connectivity index (χ0v) is 13.2. The summed E-state index contributed by atoms with van der Waals surface area (Å²) >= 11 is 11.8. The number of halogens is 2. The van der Waals surface area contributed by atoms with Gasteiger partial charge in [-0.15, -0.1) is 0 Å². The number of rotatable bonds is 7. The summed E-state index contributed by atoms with van der Waals surface area (Å²) in [5.41, 5.74) is 0. The quantitative estimate of drug-likeness (QED) is 0.804. The number of nitrogens with one attached hydrogen (secondary N) is 1. The number of benzene rings is 1. The molecule has 0 aliphatic carbocycles. The number of carbonyl (C=O) groups excluding carboxylic acids is 1. The van der Waals surface area contributed by atoms with Crippen molar-refractivity contribution in [2.45, 2.75) is 26.4 Å². The molecule has 0 spiro atoms. The van der Waals surface area contributed by atoms with Gasteiger partial charge in [0.15, 0.2) is 6.10 Å². The van der Waals surface area contributed by atoms with Gasteiger partial charge in [-0.2, -0.15) is 0 Å². The topological polar surface area (TPSA) is 75.6 Å². The van der Waals surface area contributed by atoms with Crippen molar-refractivity contribution in [3.63, 3.8) is 0 Å². The van der Waals surface area contributed by atoms with Crippen LogP contribution in [0.25, 0.3) is 0 Å². The van der Waals surface area contributed by atoms with Gasteiger partial charge in [0.25, 0.3) is 5.91 Å². The molecule has 0 aliphatic rings. The van der Waals surface area contributed by atoms with Crippen molar-refractivity contribution >= 4 is 35.1 Å². The van der Waals surface area contributed by atoms with Gasteiger partial charge in [0.1, 0.15) is 10.8 Å². The van der Waals surface area contributed by atoms with Crippen molar-refractivity contribution in [3.05, 3.63) is 28.2 Å². The highest BCUT2D eigenvalue weighted by molar-refractivity contribution is 6.42. The van der Waals surface area contributed by atoms with E-state index in [9.17, 15) is 9.59 Å². The first-order valence-electron chi connectivity index (χ1n) is 6.41. The van der Waals surface area contributed by atoms with Gasteiger partial charge in [-0.3, -0.25) is 9.59 Å². The van der Waals surface area contributed by atoms with Crippen LogP contribution in [0.1, 0.15) is 20.3 Å². The molecular formula is C14H17Cl2NO4. The second-order valence-electron chi connectivity index (χ2n) is 4.76. The first kappa shape index (κ1) is 17.6. The van der Waals surface area contributed by atoms with Crippen LogP contribution in [-0.2, 0) is 9.59 Å². The Bertz CT molecular complexity index is 522. The fourth-order valence-electron chi connectivity index (χ4n) is 1.61. The summed E-state index contributed by atoms with van der Waals surface area (Å²) in [6, 6.07) is 4.91. The van der Waals surface area contributed by atoms with Crippen LogP contribution in [0, 0.1) is 5.92 Å². The number of ether oxygens (including phenoxy) is 1. The SMILES string of the molecule is CC(CNC(=O)C(C)Oc1cccc(Cl)c1Cl)CC(=O)O. The Labute approximate surface area is 133 Å². The van der Waals surface area contributed by atoms with Gasteiger partial charge in [0, 0.05) is 13.0 Å². The molecule has 5 nitrogen and oxygen atoms in total. The van der Waals surface area contributed by atoms with Crippen molar-refractivity contribution in [1.82, 2.24) is 5.32 Å². The van der Waals surface area contributed by atoms with Crippen LogP contribution in [0.2, 0.25) is 10.0 Å². The Morgan fingerprint density at radius 2 is 2.00 bits per heavy atom. The normalized spacial score (nSPS) is 13.3. The van der Waals surface area contributed by atoms with Gasteiger partial charge < -0.3 is 15.2 Å². The maximum absolute atomic E-state index is 11.9. The molecule has 0 radical (unpaired) electrons.